The zero-order valence-electron chi connectivity index (χ0n) is 24.7. The van der Waals surface area contributed by atoms with Gasteiger partial charge in [-0.15, -0.1) is 0 Å². The predicted molar refractivity (Wildman–Crippen MR) is 165 cm³/mol. The lowest BCUT2D eigenvalue weighted by atomic mass is 9.95. The number of carboxylic acids is 3. The minimum Gasteiger partial charge on any atom is -0.482 e. The van der Waals surface area contributed by atoms with Crippen LogP contribution in [0.15, 0.2) is 65.6 Å². The van der Waals surface area contributed by atoms with Crippen LogP contribution in [-0.4, -0.2) is 65.9 Å². The Labute approximate surface area is 262 Å². The van der Waals surface area contributed by atoms with Gasteiger partial charge in [0, 0.05) is 35.1 Å². The van der Waals surface area contributed by atoms with Crippen molar-refractivity contribution in [2.24, 2.45) is 0 Å². The number of carboxylic acid groups (broad SMARTS) is 3. The third-order valence-electron chi connectivity index (χ3n) is 8.30. The number of nitrogens with one attached hydrogen (secondary N) is 1. The van der Waals surface area contributed by atoms with Crippen molar-refractivity contribution in [1.82, 2.24) is 19.4 Å². The number of furan rings is 1. The number of aromatic nitrogens is 3. The van der Waals surface area contributed by atoms with Crippen molar-refractivity contribution < 1.29 is 43.7 Å². The van der Waals surface area contributed by atoms with Crippen LogP contribution in [0.3, 0.4) is 0 Å². The fraction of sp³-hybridized carbons (Fsp3) is 0.303. The molecule has 1 aliphatic rings. The zero-order valence-corrected chi connectivity index (χ0v) is 24.7. The molecule has 1 saturated carbocycles. The number of hydrogen-bond donors (Lipinski definition) is 4. The van der Waals surface area contributed by atoms with Crippen LogP contribution in [0.25, 0.3) is 33.3 Å². The van der Waals surface area contributed by atoms with E-state index in [1.165, 1.54) is 29.3 Å². The minimum atomic E-state index is -1.36. The summed E-state index contributed by atoms with van der Waals surface area (Å²) < 4.78 is 14.3. The third-order valence-corrected chi connectivity index (χ3v) is 8.30. The fourth-order valence-electron chi connectivity index (χ4n) is 6.23. The molecule has 6 rings (SSSR count). The van der Waals surface area contributed by atoms with Crippen molar-refractivity contribution in [2.45, 2.75) is 57.2 Å². The summed E-state index contributed by atoms with van der Waals surface area (Å²) in [4.78, 5) is 53.2. The number of amides is 1. The molecule has 0 radical (unpaired) electrons. The predicted octanol–water partition coefficient (Wildman–Crippen LogP) is 4.73. The van der Waals surface area contributed by atoms with Crippen LogP contribution in [0, 0.1) is 0 Å². The van der Waals surface area contributed by atoms with Crippen LogP contribution in [-0.2, 0) is 27.3 Å². The first-order valence-corrected chi connectivity index (χ1v) is 14.9. The summed E-state index contributed by atoms with van der Waals surface area (Å²) in [6.07, 6.45) is 10.1. The molecule has 13 heteroatoms. The zero-order chi connectivity index (χ0) is 32.4. The molecule has 5 aromatic rings. The number of carbonyl (C=O) groups is 4. The Morgan fingerprint density at radius 3 is 2.46 bits per heavy atom. The maximum Gasteiger partial charge on any atom is 0.341 e. The molecule has 2 aromatic carbocycles. The molecule has 0 spiro atoms. The Morgan fingerprint density at radius 2 is 1.76 bits per heavy atom. The lowest BCUT2D eigenvalue weighted by Gasteiger charge is -2.25. The summed E-state index contributed by atoms with van der Waals surface area (Å²) in [7, 11) is 0. The number of hydrogen-bond acceptors (Lipinski definition) is 7. The van der Waals surface area contributed by atoms with Gasteiger partial charge in [-0.3, -0.25) is 9.59 Å². The first-order valence-electron chi connectivity index (χ1n) is 14.9. The van der Waals surface area contributed by atoms with Crippen LogP contribution >= 0.6 is 0 Å². The highest BCUT2D eigenvalue weighted by Gasteiger charge is 2.26. The molecule has 0 unspecified atom stereocenters. The smallest absolute Gasteiger partial charge is 0.341 e. The first kappa shape index (κ1) is 30.4. The Bertz CT molecular complexity index is 1930. The summed E-state index contributed by atoms with van der Waals surface area (Å²) in [5.74, 6) is -3.19. The monoisotopic (exact) mass is 628 g/mol. The van der Waals surface area contributed by atoms with Crippen molar-refractivity contribution in [1.29, 1.82) is 0 Å². The highest BCUT2D eigenvalue weighted by molar-refractivity contribution is 6.00. The molecule has 4 N–H and O–H groups in total. The third kappa shape index (κ3) is 6.29. The van der Waals surface area contributed by atoms with Gasteiger partial charge in [-0.2, -0.15) is 0 Å². The number of benzene rings is 2. The van der Waals surface area contributed by atoms with E-state index in [1.54, 1.807) is 30.7 Å². The summed E-state index contributed by atoms with van der Waals surface area (Å²) in [6.45, 7) is -0.971. The molecule has 3 heterocycles. The Morgan fingerprint density at radius 1 is 0.978 bits per heavy atom. The average molecular weight is 629 g/mol. The van der Waals surface area contributed by atoms with Crippen LogP contribution in [0.2, 0.25) is 0 Å². The van der Waals surface area contributed by atoms with Crippen LogP contribution < -0.4 is 10.1 Å². The first-order chi connectivity index (χ1) is 22.2. The van der Waals surface area contributed by atoms with Gasteiger partial charge in [0.25, 0.3) is 5.91 Å². The molecule has 0 saturated heterocycles. The largest absolute Gasteiger partial charge is 0.482 e. The second-order valence-electron chi connectivity index (χ2n) is 11.4. The quantitative estimate of drug-likeness (QED) is 0.150. The molecule has 46 heavy (non-hydrogen) atoms. The maximum absolute atomic E-state index is 13.5. The maximum atomic E-state index is 13.5. The standard InChI is InChI=1S/C33H32N4O9/c38-29(39)16-36-15-21(24-14-23(7-9-27(24)36)46-18-30(40)41)13-26(33(43)44)35-32(42)19-6-8-28-25(12-19)34-31(20-10-11-45-17-20)37(28)22-4-2-1-3-5-22/h6-12,14-15,17,22,26H,1-5,13,16,18H2,(H,35,42)(H,38,39)(H,40,41)(H,43,44)/t26-/m0/s1. The number of imidazole rings is 1. The molecule has 1 amide bonds. The number of fused-ring (bicyclic) bond motifs is 2. The fourth-order valence-corrected chi connectivity index (χ4v) is 6.23. The number of nitrogens with zero attached hydrogens (tertiary/aromatic N) is 3. The molecule has 0 aliphatic heterocycles. The van der Waals surface area contributed by atoms with E-state index in [1.807, 2.05) is 12.1 Å². The molecule has 0 bridgehead atoms. The van der Waals surface area contributed by atoms with Crippen molar-refractivity contribution in [3.63, 3.8) is 0 Å². The van der Waals surface area contributed by atoms with Gasteiger partial charge in [0.2, 0.25) is 0 Å². The Balaban J connectivity index is 1.29. The van der Waals surface area contributed by atoms with E-state index in [9.17, 15) is 29.4 Å². The van der Waals surface area contributed by atoms with Crippen molar-refractivity contribution in [3.05, 3.63) is 72.3 Å². The molecule has 3 aromatic heterocycles. The molecular weight excluding hydrogens is 596 g/mol. The summed E-state index contributed by atoms with van der Waals surface area (Å²) in [5.41, 5.74) is 3.48. The van der Waals surface area contributed by atoms with Crippen molar-refractivity contribution in [2.75, 3.05) is 6.61 Å². The number of ether oxygens (including phenoxy) is 1. The Kier molecular flexibility index (Phi) is 8.47. The summed E-state index contributed by atoms with van der Waals surface area (Å²) in [6, 6.07) is 10.5. The van der Waals surface area contributed by atoms with Gasteiger partial charge in [0.1, 0.15) is 30.4 Å². The van der Waals surface area contributed by atoms with Gasteiger partial charge >= 0.3 is 17.9 Å². The second-order valence-corrected chi connectivity index (χ2v) is 11.4. The van der Waals surface area contributed by atoms with Gasteiger partial charge in [0.15, 0.2) is 6.61 Å². The topological polar surface area (TPSA) is 186 Å². The van der Waals surface area contributed by atoms with E-state index in [-0.39, 0.29) is 30.3 Å². The van der Waals surface area contributed by atoms with Gasteiger partial charge in [-0.1, -0.05) is 19.3 Å². The van der Waals surface area contributed by atoms with Crippen LogP contribution in [0.4, 0.5) is 0 Å². The lowest BCUT2D eigenvalue weighted by molar-refractivity contribution is -0.140. The lowest BCUT2D eigenvalue weighted by Crippen LogP contribution is -2.42. The molecule has 1 aliphatic carbocycles. The Hall–Kier alpha value is -5.59. The van der Waals surface area contributed by atoms with E-state index in [2.05, 4.69) is 9.88 Å². The molecule has 1 atom stereocenters. The molecular formula is C33H32N4O9. The van der Waals surface area contributed by atoms with Crippen molar-refractivity contribution in [3.8, 4) is 17.1 Å². The molecule has 13 nitrogen and oxygen atoms in total. The van der Waals surface area contributed by atoms with Crippen molar-refractivity contribution >= 4 is 45.8 Å². The van der Waals surface area contributed by atoms with Crippen LogP contribution in [0.1, 0.15) is 54.1 Å². The molecule has 238 valence electrons. The summed E-state index contributed by atoms with van der Waals surface area (Å²) in [5, 5.41) is 31.5. The highest BCUT2D eigenvalue weighted by atomic mass is 16.5. The summed E-state index contributed by atoms with van der Waals surface area (Å²) >= 11 is 0. The average Bonchev–Trinajstić information content (AvgIpc) is 3.77. The van der Waals surface area contributed by atoms with Gasteiger partial charge in [-0.05, 0) is 60.9 Å². The second kappa shape index (κ2) is 12.8. The normalized spacial score (nSPS) is 14.3. The minimum absolute atomic E-state index is 0.171. The van der Waals surface area contributed by atoms with E-state index in [4.69, 9.17) is 19.2 Å². The van der Waals surface area contributed by atoms with Gasteiger partial charge < -0.3 is 38.9 Å². The van der Waals surface area contributed by atoms with E-state index >= 15 is 0 Å². The van der Waals surface area contributed by atoms with E-state index < -0.39 is 36.5 Å². The van der Waals surface area contributed by atoms with E-state index in [0.29, 0.717) is 22.0 Å². The van der Waals surface area contributed by atoms with E-state index in [0.717, 1.165) is 42.6 Å². The van der Waals surface area contributed by atoms with Gasteiger partial charge in [-0.25, -0.2) is 14.6 Å². The number of carbonyl (C=O) groups excluding carboxylic acids is 1. The van der Waals surface area contributed by atoms with Crippen LogP contribution in [0.5, 0.6) is 5.75 Å². The molecule has 1 fully saturated rings. The highest BCUT2D eigenvalue weighted by Crippen LogP contribution is 2.36. The SMILES string of the molecule is O=C(O)COc1ccc2c(c1)c(C[C@H](NC(=O)c1ccc3c(c1)nc(-c1ccoc1)n3C1CCCCC1)C(=O)O)cn2CC(=O)O. The number of aliphatic carboxylic acids is 3. The number of rotatable bonds is 12. The van der Waals surface area contributed by atoms with Gasteiger partial charge in [0.05, 0.1) is 22.9 Å².